The van der Waals surface area contributed by atoms with E-state index in [-0.39, 0.29) is 27.8 Å². The van der Waals surface area contributed by atoms with Crippen molar-refractivity contribution >= 4 is 33.8 Å². The van der Waals surface area contributed by atoms with Crippen LogP contribution in [-0.2, 0) is 9.53 Å². The number of esters is 1. The maximum absolute atomic E-state index is 13.3. The highest BCUT2D eigenvalue weighted by atomic mass is 32.1. The lowest BCUT2D eigenvalue weighted by Crippen LogP contribution is -2.32. The van der Waals surface area contributed by atoms with Crippen LogP contribution in [0.1, 0.15) is 46.8 Å². The van der Waals surface area contributed by atoms with E-state index in [4.69, 9.17) is 10.5 Å². The predicted octanol–water partition coefficient (Wildman–Crippen LogP) is 3.93. The van der Waals surface area contributed by atoms with Gasteiger partial charge < -0.3 is 15.8 Å². The van der Waals surface area contributed by atoms with E-state index in [1.54, 1.807) is 11.6 Å². The number of hydrogen-bond acceptors (Lipinski definition) is 8. The molecule has 9 heteroatoms. The standard InChI is InChI=1S/C23H25N5O3S/c1-13(2)10-18(23(30)31-4)27-22-16(11-24)19(25)21(32-22)20(29)17-12-26-28(14(17)3)15-8-6-5-7-9-15/h5-9,12-13,18,27H,10,25H2,1-4H3. The molecular weight excluding hydrogens is 426 g/mol. The number of carbonyl (C=O) groups is 2. The number of thiophene rings is 1. The van der Waals surface area contributed by atoms with Gasteiger partial charge in [0.25, 0.3) is 0 Å². The molecule has 0 aliphatic carbocycles. The number of benzene rings is 1. The van der Waals surface area contributed by atoms with Gasteiger partial charge in [-0.25, -0.2) is 9.48 Å². The number of nitriles is 1. The van der Waals surface area contributed by atoms with Crippen LogP contribution in [0, 0.1) is 24.2 Å². The SMILES string of the molecule is COC(=O)C(CC(C)C)Nc1sc(C(=O)c2cnn(-c3ccccc3)c2C)c(N)c1C#N. The van der Waals surface area contributed by atoms with E-state index < -0.39 is 12.0 Å². The Morgan fingerprint density at radius 3 is 2.59 bits per heavy atom. The van der Waals surface area contributed by atoms with Crippen molar-refractivity contribution in [3.63, 3.8) is 0 Å². The number of nitrogens with two attached hydrogens (primary N) is 1. The van der Waals surface area contributed by atoms with Gasteiger partial charge in [-0.2, -0.15) is 10.4 Å². The maximum atomic E-state index is 13.3. The van der Waals surface area contributed by atoms with E-state index in [1.165, 1.54) is 13.3 Å². The third-order valence-corrected chi connectivity index (χ3v) is 6.15. The number of carbonyl (C=O) groups excluding carboxylic acids is 2. The second-order valence-electron chi connectivity index (χ2n) is 7.73. The van der Waals surface area contributed by atoms with E-state index in [0.29, 0.717) is 22.7 Å². The van der Waals surface area contributed by atoms with Gasteiger partial charge >= 0.3 is 5.97 Å². The van der Waals surface area contributed by atoms with Crippen molar-refractivity contribution in [1.82, 2.24) is 9.78 Å². The molecule has 3 N–H and O–H groups in total. The Morgan fingerprint density at radius 1 is 1.31 bits per heavy atom. The third kappa shape index (κ3) is 4.50. The quantitative estimate of drug-likeness (QED) is 0.393. The smallest absolute Gasteiger partial charge is 0.328 e. The van der Waals surface area contributed by atoms with Gasteiger partial charge in [0.15, 0.2) is 0 Å². The molecule has 1 atom stereocenters. The van der Waals surface area contributed by atoms with E-state index in [0.717, 1.165) is 17.0 Å². The topological polar surface area (TPSA) is 123 Å². The number of aromatic nitrogens is 2. The second-order valence-corrected chi connectivity index (χ2v) is 8.75. The molecule has 0 saturated heterocycles. The van der Waals surface area contributed by atoms with Gasteiger partial charge in [-0.15, -0.1) is 11.3 Å². The average Bonchev–Trinajstić information content (AvgIpc) is 3.31. The van der Waals surface area contributed by atoms with Crippen LogP contribution in [-0.4, -0.2) is 34.7 Å². The first-order valence-electron chi connectivity index (χ1n) is 10.1. The number of para-hydroxylation sites is 1. The molecule has 3 rings (SSSR count). The zero-order chi connectivity index (χ0) is 23.4. The largest absolute Gasteiger partial charge is 0.467 e. The van der Waals surface area contributed by atoms with Crippen molar-refractivity contribution in [1.29, 1.82) is 5.26 Å². The van der Waals surface area contributed by atoms with Gasteiger partial charge in [0.1, 0.15) is 27.6 Å². The van der Waals surface area contributed by atoms with Crippen LogP contribution in [0.3, 0.4) is 0 Å². The average molecular weight is 452 g/mol. The van der Waals surface area contributed by atoms with Crippen LogP contribution in [0.4, 0.5) is 10.7 Å². The summed E-state index contributed by atoms with van der Waals surface area (Å²) in [4.78, 5) is 25.8. The van der Waals surface area contributed by atoms with Crippen molar-refractivity contribution in [3.05, 3.63) is 58.2 Å². The number of nitrogen functional groups attached to an aromatic ring is 1. The summed E-state index contributed by atoms with van der Waals surface area (Å²) in [6.45, 7) is 5.76. The van der Waals surface area contributed by atoms with Crippen molar-refractivity contribution in [2.24, 2.45) is 5.92 Å². The van der Waals surface area contributed by atoms with Crippen LogP contribution in [0.25, 0.3) is 5.69 Å². The lowest BCUT2D eigenvalue weighted by atomic mass is 10.0. The molecule has 2 heterocycles. The molecule has 0 saturated carbocycles. The zero-order valence-corrected chi connectivity index (χ0v) is 19.2. The first-order chi connectivity index (χ1) is 15.3. The molecule has 2 aromatic heterocycles. The minimum Gasteiger partial charge on any atom is -0.467 e. The summed E-state index contributed by atoms with van der Waals surface area (Å²) < 4.78 is 6.56. The third-order valence-electron chi connectivity index (χ3n) is 5.02. The van der Waals surface area contributed by atoms with Crippen molar-refractivity contribution in [3.8, 4) is 11.8 Å². The fourth-order valence-electron chi connectivity index (χ4n) is 3.40. The number of methoxy groups -OCH3 is 1. The van der Waals surface area contributed by atoms with Crippen molar-refractivity contribution < 1.29 is 14.3 Å². The summed E-state index contributed by atoms with van der Waals surface area (Å²) >= 11 is 1.06. The highest BCUT2D eigenvalue weighted by Gasteiger charge is 2.28. The lowest BCUT2D eigenvalue weighted by Gasteiger charge is -2.18. The molecule has 8 nitrogen and oxygen atoms in total. The fraction of sp³-hybridized carbons (Fsp3) is 0.304. The zero-order valence-electron chi connectivity index (χ0n) is 18.4. The summed E-state index contributed by atoms with van der Waals surface area (Å²) in [6, 6.07) is 10.9. The first kappa shape index (κ1) is 23.0. The van der Waals surface area contributed by atoms with Crippen LogP contribution in [0.15, 0.2) is 36.5 Å². The van der Waals surface area contributed by atoms with Crippen LogP contribution < -0.4 is 11.1 Å². The highest BCUT2D eigenvalue weighted by molar-refractivity contribution is 7.19. The molecule has 32 heavy (non-hydrogen) atoms. The number of nitrogens with zero attached hydrogens (tertiary/aromatic N) is 3. The van der Waals surface area contributed by atoms with Gasteiger partial charge in [-0.1, -0.05) is 32.0 Å². The first-order valence-corrected chi connectivity index (χ1v) is 10.9. The number of anilines is 2. The van der Waals surface area contributed by atoms with Crippen molar-refractivity contribution in [2.45, 2.75) is 33.2 Å². The van der Waals surface area contributed by atoms with E-state index in [1.807, 2.05) is 50.2 Å². The molecule has 1 unspecified atom stereocenters. The van der Waals surface area contributed by atoms with Crippen LogP contribution >= 0.6 is 11.3 Å². The summed E-state index contributed by atoms with van der Waals surface area (Å²) in [5.41, 5.74) is 8.31. The summed E-state index contributed by atoms with van der Waals surface area (Å²) in [5.74, 6) is -0.556. The summed E-state index contributed by atoms with van der Waals surface area (Å²) in [6.07, 6.45) is 2.00. The van der Waals surface area contributed by atoms with E-state index >= 15 is 0 Å². The maximum Gasteiger partial charge on any atom is 0.328 e. The van der Waals surface area contributed by atoms with Crippen LogP contribution in [0.5, 0.6) is 0 Å². The number of nitrogens with one attached hydrogen (secondary N) is 1. The highest BCUT2D eigenvalue weighted by Crippen LogP contribution is 2.38. The fourth-order valence-corrected chi connectivity index (χ4v) is 4.47. The number of ketones is 1. The molecule has 1 aromatic carbocycles. The molecule has 0 aliphatic rings. The Balaban J connectivity index is 1.97. The molecule has 0 amide bonds. The summed E-state index contributed by atoms with van der Waals surface area (Å²) in [7, 11) is 1.31. The monoisotopic (exact) mass is 451 g/mol. The van der Waals surface area contributed by atoms with Crippen molar-refractivity contribution in [2.75, 3.05) is 18.2 Å². The molecule has 0 spiro atoms. The van der Waals surface area contributed by atoms with E-state index in [9.17, 15) is 14.9 Å². The predicted molar refractivity (Wildman–Crippen MR) is 124 cm³/mol. The molecule has 0 radical (unpaired) electrons. The number of hydrogen-bond donors (Lipinski definition) is 2. The number of rotatable bonds is 8. The van der Waals surface area contributed by atoms with Gasteiger partial charge in [-0.05, 0) is 31.4 Å². The Hall–Kier alpha value is -3.64. The van der Waals surface area contributed by atoms with Crippen LogP contribution in [0.2, 0.25) is 0 Å². The Labute approximate surface area is 190 Å². The van der Waals surface area contributed by atoms with Gasteiger partial charge in [0.05, 0.1) is 35.9 Å². The van der Waals surface area contributed by atoms with Gasteiger partial charge in [0, 0.05) is 0 Å². The molecule has 166 valence electrons. The minimum atomic E-state index is -0.657. The summed E-state index contributed by atoms with van der Waals surface area (Å²) in [5, 5.41) is 17.4. The Bertz CT molecular complexity index is 1170. The van der Waals surface area contributed by atoms with Gasteiger partial charge in [-0.3, -0.25) is 4.79 Å². The second kappa shape index (κ2) is 9.66. The lowest BCUT2D eigenvalue weighted by molar-refractivity contribution is -0.141. The Morgan fingerprint density at radius 2 is 2.00 bits per heavy atom. The molecule has 3 aromatic rings. The normalized spacial score (nSPS) is 11.8. The van der Waals surface area contributed by atoms with Gasteiger partial charge in [0.2, 0.25) is 5.78 Å². The molecule has 0 aliphatic heterocycles. The Kier molecular flexibility index (Phi) is 6.95. The molecular formula is C23H25N5O3S. The number of ether oxygens (including phenoxy) is 1. The van der Waals surface area contributed by atoms with E-state index in [2.05, 4.69) is 10.4 Å². The minimum absolute atomic E-state index is 0.0880. The molecule has 0 fully saturated rings. The molecule has 0 bridgehead atoms.